The monoisotopic (exact) mass is 361 g/mol. The van der Waals surface area contributed by atoms with Gasteiger partial charge in [0.15, 0.2) is 11.2 Å². The Morgan fingerprint density at radius 2 is 1.81 bits per heavy atom. The molecule has 0 aliphatic carbocycles. The van der Waals surface area contributed by atoms with Gasteiger partial charge < -0.3 is 4.90 Å². The Kier molecular flexibility index (Phi) is 4.68. The number of piperidine rings is 1. The fourth-order valence-corrected chi connectivity index (χ4v) is 3.64. The highest BCUT2D eigenvalue weighted by Crippen LogP contribution is 2.24. The molecule has 0 unspecified atom stereocenters. The molecule has 2 aromatic heterocycles. The first-order chi connectivity index (χ1) is 13.2. The predicted octanol–water partition coefficient (Wildman–Crippen LogP) is 2.81. The van der Waals surface area contributed by atoms with E-state index in [0.717, 1.165) is 37.4 Å². The molecule has 6 nitrogen and oxygen atoms in total. The minimum atomic E-state index is -0.0903. The summed E-state index contributed by atoms with van der Waals surface area (Å²) in [7, 11) is 1.76. The number of benzene rings is 1. The second-order valence-electron chi connectivity index (χ2n) is 6.81. The van der Waals surface area contributed by atoms with E-state index in [1.165, 1.54) is 6.42 Å². The molecular formula is C21H23N5O. The maximum atomic E-state index is 13.2. The van der Waals surface area contributed by atoms with Gasteiger partial charge in [-0.05, 0) is 26.2 Å². The lowest BCUT2D eigenvalue weighted by Gasteiger charge is -2.27. The molecule has 0 spiro atoms. The van der Waals surface area contributed by atoms with Crippen molar-refractivity contribution in [3.05, 3.63) is 40.7 Å². The lowest BCUT2D eigenvalue weighted by molar-refractivity contribution is 0.561. The van der Waals surface area contributed by atoms with Crippen molar-refractivity contribution in [2.75, 3.05) is 18.0 Å². The van der Waals surface area contributed by atoms with Crippen LogP contribution in [0.15, 0.2) is 35.1 Å². The van der Waals surface area contributed by atoms with Crippen LogP contribution in [0.25, 0.3) is 22.6 Å². The van der Waals surface area contributed by atoms with Crippen molar-refractivity contribution >= 4 is 17.1 Å². The second kappa shape index (κ2) is 7.28. The summed E-state index contributed by atoms with van der Waals surface area (Å²) in [6, 6.07) is 9.75. The molecule has 1 aliphatic rings. The highest BCUT2D eigenvalue weighted by Gasteiger charge is 2.23. The largest absolute Gasteiger partial charge is 0.342 e. The standard InChI is InChI=1S/C21H23N5O/c1-3-4-15-26-17-18(23-21(26)25-13-9-6-10-14-25)22-19(24(2)20(17)27)16-11-7-5-8-12-16/h5,7-8,11-12H,6,9-10,13-15H2,1-2H3. The van der Waals surface area contributed by atoms with Crippen LogP contribution in [0.2, 0.25) is 0 Å². The average Bonchev–Trinajstić information content (AvgIpc) is 3.09. The van der Waals surface area contributed by atoms with Crippen molar-refractivity contribution in [2.24, 2.45) is 7.05 Å². The third-order valence-corrected chi connectivity index (χ3v) is 5.05. The molecule has 0 amide bonds. The van der Waals surface area contributed by atoms with Gasteiger partial charge in [0.1, 0.15) is 5.82 Å². The smallest absolute Gasteiger partial charge is 0.279 e. The van der Waals surface area contributed by atoms with Crippen LogP contribution in [0.1, 0.15) is 26.2 Å². The minimum absolute atomic E-state index is 0.0903. The average molecular weight is 361 g/mol. The Labute approximate surface area is 158 Å². The van der Waals surface area contributed by atoms with Crippen molar-refractivity contribution in [2.45, 2.75) is 32.7 Å². The first kappa shape index (κ1) is 17.3. The first-order valence-corrected chi connectivity index (χ1v) is 9.38. The van der Waals surface area contributed by atoms with E-state index in [2.05, 4.69) is 16.7 Å². The quantitative estimate of drug-likeness (QED) is 0.673. The number of aromatic nitrogens is 4. The summed E-state index contributed by atoms with van der Waals surface area (Å²) in [6.45, 7) is 4.16. The van der Waals surface area contributed by atoms with Gasteiger partial charge in [0.05, 0.1) is 6.54 Å². The molecule has 0 radical (unpaired) electrons. The fourth-order valence-electron chi connectivity index (χ4n) is 3.64. The van der Waals surface area contributed by atoms with Gasteiger partial charge in [-0.1, -0.05) is 36.3 Å². The van der Waals surface area contributed by atoms with Crippen molar-refractivity contribution in [3.8, 4) is 23.2 Å². The van der Waals surface area contributed by atoms with E-state index in [4.69, 9.17) is 9.97 Å². The summed E-state index contributed by atoms with van der Waals surface area (Å²) >= 11 is 0. The van der Waals surface area contributed by atoms with E-state index < -0.39 is 0 Å². The van der Waals surface area contributed by atoms with Gasteiger partial charge in [-0.3, -0.25) is 13.9 Å². The van der Waals surface area contributed by atoms with Gasteiger partial charge in [0.2, 0.25) is 5.95 Å². The molecule has 3 aromatic rings. The topological polar surface area (TPSA) is 56.0 Å². The molecule has 3 heterocycles. The Bertz CT molecular complexity index is 1080. The first-order valence-electron chi connectivity index (χ1n) is 9.38. The van der Waals surface area contributed by atoms with Crippen LogP contribution in [0, 0.1) is 11.8 Å². The van der Waals surface area contributed by atoms with Crippen molar-refractivity contribution < 1.29 is 0 Å². The number of hydrogen-bond acceptors (Lipinski definition) is 4. The highest BCUT2D eigenvalue weighted by atomic mass is 16.1. The predicted molar refractivity (Wildman–Crippen MR) is 108 cm³/mol. The molecule has 0 bridgehead atoms. The maximum absolute atomic E-state index is 13.2. The van der Waals surface area contributed by atoms with Gasteiger partial charge >= 0.3 is 0 Å². The van der Waals surface area contributed by atoms with Crippen LogP contribution in [-0.2, 0) is 13.6 Å². The number of rotatable bonds is 3. The van der Waals surface area contributed by atoms with E-state index in [1.54, 1.807) is 11.6 Å². The number of nitrogens with zero attached hydrogens (tertiary/aromatic N) is 5. The number of fused-ring (bicyclic) bond motifs is 1. The summed E-state index contributed by atoms with van der Waals surface area (Å²) in [4.78, 5) is 25.0. The Hall–Kier alpha value is -3.07. The van der Waals surface area contributed by atoms with Gasteiger partial charge in [-0.15, -0.1) is 5.92 Å². The van der Waals surface area contributed by atoms with Crippen LogP contribution >= 0.6 is 0 Å². The van der Waals surface area contributed by atoms with Crippen LogP contribution in [0.4, 0.5) is 5.95 Å². The second-order valence-corrected chi connectivity index (χ2v) is 6.81. The third kappa shape index (κ3) is 3.10. The molecule has 0 atom stereocenters. The van der Waals surface area contributed by atoms with Gasteiger partial charge in [-0.2, -0.15) is 4.98 Å². The van der Waals surface area contributed by atoms with Crippen molar-refractivity contribution in [1.82, 2.24) is 19.1 Å². The number of anilines is 1. The van der Waals surface area contributed by atoms with E-state index in [9.17, 15) is 4.79 Å². The van der Waals surface area contributed by atoms with Crippen LogP contribution in [0.3, 0.4) is 0 Å². The van der Waals surface area contributed by atoms with Crippen molar-refractivity contribution in [1.29, 1.82) is 0 Å². The summed E-state index contributed by atoms with van der Waals surface area (Å²) in [5.41, 5.74) is 1.84. The third-order valence-electron chi connectivity index (χ3n) is 5.05. The zero-order valence-corrected chi connectivity index (χ0v) is 15.8. The molecule has 1 aliphatic heterocycles. The Morgan fingerprint density at radius 3 is 2.52 bits per heavy atom. The van der Waals surface area contributed by atoms with E-state index in [1.807, 2.05) is 41.8 Å². The molecule has 0 saturated carbocycles. The molecule has 1 fully saturated rings. The Morgan fingerprint density at radius 1 is 1.07 bits per heavy atom. The van der Waals surface area contributed by atoms with Gasteiger partial charge in [-0.25, -0.2) is 4.98 Å². The van der Waals surface area contributed by atoms with E-state index >= 15 is 0 Å². The van der Waals surface area contributed by atoms with E-state index in [-0.39, 0.29) is 5.56 Å². The van der Waals surface area contributed by atoms with Crippen LogP contribution in [0.5, 0.6) is 0 Å². The summed E-state index contributed by atoms with van der Waals surface area (Å²) in [5, 5.41) is 0. The zero-order valence-electron chi connectivity index (χ0n) is 15.8. The lowest BCUT2D eigenvalue weighted by atomic mass is 10.1. The number of imidazole rings is 1. The molecule has 1 saturated heterocycles. The molecule has 138 valence electrons. The molecule has 1 aromatic carbocycles. The molecule has 4 rings (SSSR count). The SMILES string of the molecule is CC#CCn1c(N2CCCCC2)nc2nc(-c3ccccc3)n(C)c(=O)c21. The van der Waals surface area contributed by atoms with Gasteiger partial charge in [0, 0.05) is 25.7 Å². The van der Waals surface area contributed by atoms with Crippen LogP contribution < -0.4 is 10.5 Å². The van der Waals surface area contributed by atoms with E-state index in [0.29, 0.717) is 23.5 Å². The summed E-state index contributed by atoms with van der Waals surface area (Å²) in [5.74, 6) is 7.45. The summed E-state index contributed by atoms with van der Waals surface area (Å²) in [6.07, 6.45) is 3.52. The summed E-state index contributed by atoms with van der Waals surface area (Å²) < 4.78 is 3.54. The molecule has 6 heteroatoms. The fraction of sp³-hybridized carbons (Fsp3) is 0.381. The van der Waals surface area contributed by atoms with Crippen LogP contribution in [-0.4, -0.2) is 32.2 Å². The normalized spacial score (nSPS) is 14.2. The maximum Gasteiger partial charge on any atom is 0.279 e. The molecule has 0 N–H and O–H groups in total. The highest BCUT2D eigenvalue weighted by molar-refractivity contribution is 5.77. The lowest BCUT2D eigenvalue weighted by Crippen LogP contribution is -2.32. The zero-order chi connectivity index (χ0) is 18.8. The minimum Gasteiger partial charge on any atom is -0.342 e. The molecule has 27 heavy (non-hydrogen) atoms. The van der Waals surface area contributed by atoms with Gasteiger partial charge in [0.25, 0.3) is 5.56 Å². The Balaban J connectivity index is 1.94. The number of hydrogen-bond donors (Lipinski definition) is 0. The van der Waals surface area contributed by atoms with Crippen molar-refractivity contribution in [3.63, 3.8) is 0 Å². The molecular weight excluding hydrogens is 338 g/mol.